The van der Waals surface area contributed by atoms with Crippen LogP contribution in [0.1, 0.15) is 26.7 Å². The molecule has 1 aliphatic rings. The van der Waals surface area contributed by atoms with Crippen LogP contribution in [0, 0.1) is 5.92 Å². The fraction of sp³-hybridized carbons (Fsp3) is 0.360. The third-order valence-corrected chi connectivity index (χ3v) is 5.49. The molecule has 0 saturated heterocycles. The molecule has 8 nitrogen and oxygen atoms in total. The van der Waals surface area contributed by atoms with Crippen molar-refractivity contribution in [3.8, 4) is 22.9 Å². The van der Waals surface area contributed by atoms with Gasteiger partial charge >= 0.3 is 0 Å². The van der Waals surface area contributed by atoms with E-state index in [4.69, 9.17) is 14.5 Å². The number of benzene rings is 2. The minimum Gasteiger partial charge on any atom is -0.497 e. The SMILES string of the molecule is CC.COc1cc(OC)cc(N(CC2CC2)c2ccc3ncc(-c4cn(C)nn4)nc3c2)c1. The van der Waals surface area contributed by atoms with E-state index >= 15 is 0 Å². The number of methoxy groups -OCH3 is 2. The second-order valence-electron chi connectivity index (χ2n) is 7.83. The Morgan fingerprint density at radius 1 is 0.939 bits per heavy atom. The van der Waals surface area contributed by atoms with Gasteiger partial charge in [-0.1, -0.05) is 19.1 Å². The van der Waals surface area contributed by atoms with E-state index in [9.17, 15) is 0 Å². The lowest BCUT2D eigenvalue weighted by molar-refractivity contribution is 0.394. The Balaban J connectivity index is 0.00000126. The number of aryl methyl sites for hydroxylation is 1. The molecule has 1 saturated carbocycles. The summed E-state index contributed by atoms with van der Waals surface area (Å²) in [5.74, 6) is 2.21. The van der Waals surface area contributed by atoms with Crippen molar-refractivity contribution in [3.63, 3.8) is 0 Å². The van der Waals surface area contributed by atoms with Crippen LogP contribution in [-0.2, 0) is 7.05 Å². The van der Waals surface area contributed by atoms with Gasteiger partial charge in [-0.15, -0.1) is 5.10 Å². The van der Waals surface area contributed by atoms with Crippen LogP contribution >= 0.6 is 0 Å². The van der Waals surface area contributed by atoms with Crippen molar-refractivity contribution in [1.29, 1.82) is 0 Å². The predicted molar refractivity (Wildman–Crippen MR) is 130 cm³/mol. The zero-order valence-corrected chi connectivity index (χ0v) is 19.8. The van der Waals surface area contributed by atoms with Crippen LogP contribution in [0.3, 0.4) is 0 Å². The van der Waals surface area contributed by atoms with Crippen LogP contribution in [0.15, 0.2) is 48.8 Å². The normalized spacial score (nSPS) is 12.8. The van der Waals surface area contributed by atoms with Gasteiger partial charge < -0.3 is 14.4 Å². The van der Waals surface area contributed by atoms with Crippen LogP contribution in [0.4, 0.5) is 11.4 Å². The van der Waals surface area contributed by atoms with E-state index in [0.717, 1.165) is 40.5 Å². The predicted octanol–water partition coefficient (Wildman–Crippen LogP) is 5.02. The number of hydrogen-bond acceptors (Lipinski definition) is 7. The number of nitrogens with zero attached hydrogens (tertiary/aromatic N) is 6. The Morgan fingerprint density at radius 3 is 2.27 bits per heavy atom. The van der Waals surface area contributed by atoms with Crippen molar-refractivity contribution in [2.45, 2.75) is 26.7 Å². The third kappa shape index (κ3) is 5.05. The van der Waals surface area contributed by atoms with Crippen molar-refractivity contribution in [3.05, 3.63) is 48.8 Å². The molecule has 2 aromatic carbocycles. The first-order valence-electron chi connectivity index (χ1n) is 11.3. The molecular formula is C25H30N6O2. The number of rotatable bonds is 7. The number of anilines is 2. The molecule has 0 unspecified atom stereocenters. The molecule has 0 amide bonds. The Bertz CT molecular complexity index is 1210. The fourth-order valence-corrected chi connectivity index (χ4v) is 3.62. The molecule has 2 heterocycles. The summed E-state index contributed by atoms with van der Waals surface area (Å²) in [7, 11) is 5.17. The highest BCUT2D eigenvalue weighted by Gasteiger charge is 2.26. The van der Waals surface area contributed by atoms with E-state index in [1.165, 1.54) is 12.8 Å². The maximum absolute atomic E-state index is 5.50. The van der Waals surface area contributed by atoms with Crippen LogP contribution < -0.4 is 14.4 Å². The summed E-state index contributed by atoms with van der Waals surface area (Å²) < 4.78 is 12.7. The molecule has 1 aliphatic carbocycles. The van der Waals surface area contributed by atoms with Crippen molar-refractivity contribution < 1.29 is 9.47 Å². The number of ether oxygens (including phenoxy) is 2. The highest BCUT2D eigenvalue weighted by Crippen LogP contribution is 2.38. The van der Waals surface area contributed by atoms with E-state index in [1.54, 1.807) is 25.1 Å². The fourth-order valence-electron chi connectivity index (χ4n) is 3.62. The highest BCUT2D eigenvalue weighted by atomic mass is 16.5. The lowest BCUT2D eigenvalue weighted by Gasteiger charge is -2.26. The van der Waals surface area contributed by atoms with Crippen molar-refractivity contribution in [1.82, 2.24) is 25.0 Å². The zero-order valence-electron chi connectivity index (χ0n) is 19.8. The lowest BCUT2D eigenvalue weighted by atomic mass is 10.1. The lowest BCUT2D eigenvalue weighted by Crippen LogP contribution is -2.20. The second kappa shape index (κ2) is 9.85. The monoisotopic (exact) mass is 446 g/mol. The summed E-state index contributed by atoms with van der Waals surface area (Å²) in [6, 6.07) is 12.1. The average Bonchev–Trinajstić information content (AvgIpc) is 3.59. The van der Waals surface area contributed by atoms with E-state index in [2.05, 4.69) is 32.3 Å². The van der Waals surface area contributed by atoms with Crippen LogP contribution in [0.25, 0.3) is 22.4 Å². The standard InChI is InChI=1S/C23H24N6O2.C2H6/c1-28-14-23(26-27-28)22-12-24-20-7-6-16(10-21(20)25-22)29(13-15-4-5-15)17-8-18(30-2)11-19(9-17)31-3;1-2/h6-12,14-15H,4-5,13H2,1-3H3;1-2H3. The van der Waals surface area contributed by atoms with Crippen LogP contribution in [0.5, 0.6) is 11.5 Å². The number of fused-ring (bicyclic) bond motifs is 1. The quantitative estimate of drug-likeness (QED) is 0.394. The molecule has 1 fully saturated rings. The summed E-state index contributed by atoms with van der Waals surface area (Å²) in [4.78, 5) is 11.7. The molecule has 0 aliphatic heterocycles. The average molecular weight is 447 g/mol. The molecular weight excluding hydrogens is 416 g/mol. The molecule has 2 aromatic heterocycles. The van der Waals surface area contributed by atoms with Crippen molar-refractivity contribution >= 4 is 22.4 Å². The number of aromatic nitrogens is 5. The van der Waals surface area contributed by atoms with E-state index < -0.39 is 0 Å². The van der Waals surface area contributed by atoms with Gasteiger partial charge in [-0.3, -0.25) is 9.67 Å². The van der Waals surface area contributed by atoms with Crippen molar-refractivity contribution in [2.24, 2.45) is 13.0 Å². The van der Waals surface area contributed by atoms with E-state index in [1.807, 2.05) is 51.4 Å². The smallest absolute Gasteiger partial charge is 0.133 e. The van der Waals surface area contributed by atoms with Gasteiger partial charge in [0.05, 0.1) is 37.6 Å². The Kier molecular flexibility index (Phi) is 6.72. The zero-order chi connectivity index (χ0) is 23.4. The van der Waals surface area contributed by atoms with Gasteiger partial charge in [0.2, 0.25) is 0 Å². The Morgan fingerprint density at radius 2 is 1.67 bits per heavy atom. The van der Waals surface area contributed by atoms with Gasteiger partial charge in [-0.05, 0) is 37.0 Å². The van der Waals surface area contributed by atoms with E-state index in [0.29, 0.717) is 17.3 Å². The Labute approximate surface area is 194 Å². The van der Waals surface area contributed by atoms with Crippen LogP contribution in [-0.4, -0.2) is 45.7 Å². The molecule has 0 spiro atoms. The molecule has 0 bridgehead atoms. The first-order chi connectivity index (χ1) is 16.1. The maximum atomic E-state index is 5.50. The minimum absolute atomic E-state index is 0.685. The minimum atomic E-state index is 0.685. The van der Waals surface area contributed by atoms with Gasteiger partial charge in [0.15, 0.2) is 0 Å². The second-order valence-corrected chi connectivity index (χ2v) is 7.83. The molecule has 172 valence electrons. The third-order valence-electron chi connectivity index (χ3n) is 5.49. The summed E-state index contributed by atoms with van der Waals surface area (Å²) in [6.07, 6.45) is 6.08. The first-order valence-corrected chi connectivity index (χ1v) is 11.3. The summed E-state index contributed by atoms with van der Waals surface area (Å²) in [5.41, 5.74) is 5.15. The summed E-state index contributed by atoms with van der Waals surface area (Å²) in [5, 5.41) is 8.15. The Hall–Kier alpha value is -3.68. The van der Waals surface area contributed by atoms with Gasteiger partial charge in [0.1, 0.15) is 22.9 Å². The first kappa shape index (κ1) is 22.5. The molecule has 5 rings (SSSR count). The van der Waals surface area contributed by atoms with Crippen molar-refractivity contribution in [2.75, 3.05) is 25.7 Å². The molecule has 33 heavy (non-hydrogen) atoms. The molecule has 0 N–H and O–H groups in total. The molecule has 4 aromatic rings. The maximum Gasteiger partial charge on any atom is 0.133 e. The molecule has 8 heteroatoms. The van der Waals surface area contributed by atoms with E-state index in [-0.39, 0.29) is 0 Å². The molecule has 0 atom stereocenters. The van der Waals surface area contributed by atoms with Gasteiger partial charge in [-0.25, -0.2) is 4.98 Å². The van der Waals surface area contributed by atoms with Crippen LogP contribution in [0.2, 0.25) is 0 Å². The van der Waals surface area contributed by atoms with Gasteiger partial charge in [0.25, 0.3) is 0 Å². The number of hydrogen-bond donors (Lipinski definition) is 0. The summed E-state index contributed by atoms with van der Waals surface area (Å²) in [6.45, 7) is 4.93. The topological polar surface area (TPSA) is 78.2 Å². The van der Waals surface area contributed by atoms with Gasteiger partial charge in [-0.2, -0.15) is 0 Å². The summed E-state index contributed by atoms with van der Waals surface area (Å²) >= 11 is 0. The molecule has 0 radical (unpaired) electrons. The highest BCUT2D eigenvalue weighted by molar-refractivity contribution is 5.82. The largest absolute Gasteiger partial charge is 0.497 e. The van der Waals surface area contributed by atoms with Gasteiger partial charge in [0, 0.05) is 43.2 Å².